The molecule has 0 bridgehead atoms. The average Bonchev–Trinajstić information content (AvgIpc) is 3.35. The van der Waals surface area contributed by atoms with E-state index in [2.05, 4.69) is 21.7 Å². The third-order valence-electron chi connectivity index (χ3n) is 6.98. The van der Waals surface area contributed by atoms with Crippen LogP contribution in [0.5, 0.6) is 0 Å². The second-order valence-corrected chi connectivity index (χ2v) is 11.2. The molecule has 0 spiro atoms. The number of carbonyl (C=O) groups is 2. The number of hydrogen-bond acceptors (Lipinski definition) is 4. The average molecular weight is 562 g/mol. The Morgan fingerprint density at radius 3 is 2.68 bits per heavy atom. The Kier molecular flexibility index (Phi) is 7.72. The Bertz CT molecular complexity index is 1320. The number of halogens is 3. The highest BCUT2D eigenvalue weighted by molar-refractivity contribution is 7.10. The van der Waals surface area contributed by atoms with E-state index < -0.39 is 0 Å². The van der Waals surface area contributed by atoms with Crippen molar-refractivity contribution in [1.29, 1.82) is 0 Å². The van der Waals surface area contributed by atoms with Crippen molar-refractivity contribution in [3.05, 3.63) is 85.8 Å². The fraction of sp³-hybridized carbons (Fsp3) is 0.333. The number of carbonyl (C=O) groups excluding carboxylic acids is 2. The summed E-state index contributed by atoms with van der Waals surface area (Å²) in [7, 11) is 0. The number of thiophene rings is 1. The van der Waals surface area contributed by atoms with E-state index in [9.17, 15) is 14.0 Å². The highest BCUT2D eigenvalue weighted by atomic mass is 35.5. The first kappa shape index (κ1) is 26.0. The number of piperazine rings is 1. The molecule has 1 fully saturated rings. The molecule has 194 valence electrons. The fourth-order valence-corrected chi connectivity index (χ4v) is 6.34. The van der Waals surface area contributed by atoms with Gasteiger partial charge in [-0.1, -0.05) is 35.3 Å². The lowest BCUT2D eigenvalue weighted by Crippen LogP contribution is -2.58. The summed E-state index contributed by atoms with van der Waals surface area (Å²) >= 11 is 13.7. The van der Waals surface area contributed by atoms with Crippen LogP contribution in [0.25, 0.3) is 0 Å². The van der Waals surface area contributed by atoms with E-state index in [1.165, 1.54) is 10.9 Å². The number of nitrogens with one attached hydrogen (secondary N) is 1. The van der Waals surface area contributed by atoms with Gasteiger partial charge in [-0.05, 0) is 66.2 Å². The zero-order valence-corrected chi connectivity index (χ0v) is 22.6. The number of amides is 3. The van der Waals surface area contributed by atoms with Gasteiger partial charge in [0.05, 0.1) is 22.6 Å². The zero-order valence-electron chi connectivity index (χ0n) is 20.3. The number of fused-ring (bicyclic) bond motifs is 1. The monoisotopic (exact) mass is 560 g/mol. The molecule has 6 nitrogen and oxygen atoms in total. The maximum atomic E-state index is 14.1. The van der Waals surface area contributed by atoms with Gasteiger partial charge in [-0.15, -0.1) is 11.3 Å². The molecule has 1 saturated heterocycles. The van der Waals surface area contributed by atoms with Crippen LogP contribution in [0.1, 0.15) is 29.0 Å². The molecule has 1 N–H and O–H groups in total. The van der Waals surface area contributed by atoms with Crippen molar-refractivity contribution in [1.82, 2.24) is 14.7 Å². The smallest absolute Gasteiger partial charge is 0.322 e. The largest absolute Gasteiger partial charge is 0.338 e. The van der Waals surface area contributed by atoms with Crippen LogP contribution in [0, 0.1) is 5.82 Å². The molecular weight excluding hydrogens is 534 g/mol. The summed E-state index contributed by atoms with van der Waals surface area (Å²) in [5, 5.41) is 5.71. The first-order valence-electron chi connectivity index (χ1n) is 12.2. The van der Waals surface area contributed by atoms with E-state index >= 15 is 0 Å². The molecule has 5 rings (SSSR count). The summed E-state index contributed by atoms with van der Waals surface area (Å²) in [6.45, 7) is 4.20. The summed E-state index contributed by atoms with van der Waals surface area (Å²) in [5.41, 5.74) is 2.56. The maximum Gasteiger partial charge on any atom is 0.322 e. The van der Waals surface area contributed by atoms with Crippen molar-refractivity contribution in [2.45, 2.75) is 25.4 Å². The lowest BCUT2D eigenvalue weighted by molar-refractivity contribution is -0.135. The van der Waals surface area contributed by atoms with Gasteiger partial charge in [0, 0.05) is 42.8 Å². The molecule has 3 amide bonds. The zero-order chi connectivity index (χ0) is 26.1. The molecule has 0 radical (unpaired) electrons. The number of hydrogen-bond donors (Lipinski definition) is 1. The Labute approximate surface area is 229 Å². The number of benzene rings is 2. The molecule has 1 aromatic heterocycles. The van der Waals surface area contributed by atoms with E-state index in [-0.39, 0.29) is 36.4 Å². The highest BCUT2D eigenvalue weighted by Gasteiger charge is 2.34. The minimum absolute atomic E-state index is 0.0106. The van der Waals surface area contributed by atoms with Crippen molar-refractivity contribution in [2.24, 2.45) is 0 Å². The minimum Gasteiger partial charge on any atom is -0.338 e. The number of anilines is 1. The summed E-state index contributed by atoms with van der Waals surface area (Å²) in [6.07, 6.45) is 0.866. The molecule has 2 aliphatic heterocycles. The molecule has 3 aromatic rings. The van der Waals surface area contributed by atoms with Gasteiger partial charge in [0.2, 0.25) is 5.91 Å². The van der Waals surface area contributed by atoms with Gasteiger partial charge >= 0.3 is 6.03 Å². The number of nitrogens with zero attached hydrogens (tertiary/aromatic N) is 3. The first-order valence-corrected chi connectivity index (χ1v) is 13.8. The van der Waals surface area contributed by atoms with Gasteiger partial charge in [-0.3, -0.25) is 9.69 Å². The van der Waals surface area contributed by atoms with Crippen molar-refractivity contribution >= 4 is 52.2 Å². The van der Waals surface area contributed by atoms with Crippen LogP contribution in [0.2, 0.25) is 10.0 Å². The molecular formula is C27H27Cl2FN4O2S. The van der Waals surface area contributed by atoms with Crippen LogP contribution < -0.4 is 5.32 Å². The third kappa shape index (κ3) is 5.62. The standard InChI is InChI=1S/C27H27Cl2FN4O2S/c1-17-15-32(10-11-34(17)27(36)31-20-5-6-22(28)23(29)14-20)25(35)16-33-9-7-24-21(8-12-37-24)26(33)18-3-2-4-19(30)13-18/h2-6,8,12-14,17,26H,7,9-11,15-16H2,1H3,(H,31,36)/t17-,26+/m0/s1. The summed E-state index contributed by atoms with van der Waals surface area (Å²) in [5.74, 6) is -0.272. The van der Waals surface area contributed by atoms with Gasteiger partial charge in [0.15, 0.2) is 0 Å². The lowest BCUT2D eigenvalue weighted by atomic mass is 9.93. The summed E-state index contributed by atoms with van der Waals surface area (Å²) in [6, 6.07) is 13.1. The molecule has 3 heterocycles. The Hall–Kier alpha value is -2.65. The molecule has 2 atom stereocenters. The van der Waals surface area contributed by atoms with Crippen molar-refractivity contribution in [3.63, 3.8) is 0 Å². The van der Waals surface area contributed by atoms with E-state index in [1.807, 2.05) is 17.9 Å². The van der Waals surface area contributed by atoms with Crippen LogP contribution in [0.3, 0.4) is 0 Å². The van der Waals surface area contributed by atoms with Crippen LogP contribution in [0.15, 0.2) is 53.9 Å². The normalized spacial score (nSPS) is 20.0. The van der Waals surface area contributed by atoms with Gasteiger partial charge in [0.25, 0.3) is 0 Å². The Balaban J connectivity index is 1.24. The quantitative estimate of drug-likeness (QED) is 0.431. The number of rotatable bonds is 4. The van der Waals surface area contributed by atoms with Crippen LogP contribution in [-0.2, 0) is 11.2 Å². The number of urea groups is 1. The van der Waals surface area contributed by atoms with Gasteiger partial charge in [-0.2, -0.15) is 0 Å². The molecule has 2 aromatic carbocycles. The van der Waals surface area contributed by atoms with Crippen molar-refractivity contribution in [2.75, 3.05) is 38.0 Å². The second kappa shape index (κ2) is 11.0. The lowest BCUT2D eigenvalue weighted by Gasteiger charge is -2.41. The highest BCUT2D eigenvalue weighted by Crippen LogP contribution is 2.38. The third-order valence-corrected chi connectivity index (χ3v) is 8.72. The Morgan fingerprint density at radius 2 is 1.92 bits per heavy atom. The predicted molar refractivity (Wildman–Crippen MR) is 146 cm³/mol. The molecule has 0 aliphatic carbocycles. The van der Waals surface area contributed by atoms with E-state index in [0.717, 1.165) is 24.1 Å². The van der Waals surface area contributed by atoms with Gasteiger partial charge in [0.1, 0.15) is 5.82 Å². The topological polar surface area (TPSA) is 55.9 Å². The van der Waals surface area contributed by atoms with Gasteiger partial charge < -0.3 is 15.1 Å². The maximum absolute atomic E-state index is 14.1. The van der Waals surface area contributed by atoms with Gasteiger partial charge in [-0.25, -0.2) is 9.18 Å². The second-order valence-electron chi connectivity index (χ2n) is 9.42. The molecule has 2 aliphatic rings. The van der Waals surface area contributed by atoms with E-state index in [4.69, 9.17) is 23.2 Å². The van der Waals surface area contributed by atoms with Crippen molar-refractivity contribution in [3.8, 4) is 0 Å². The van der Waals surface area contributed by atoms with Crippen LogP contribution >= 0.6 is 34.5 Å². The fourth-order valence-electron chi connectivity index (χ4n) is 5.13. The molecule has 10 heteroatoms. The van der Waals surface area contributed by atoms with E-state index in [0.29, 0.717) is 35.4 Å². The molecule has 0 saturated carbocycles. The Morgan fingerprint density at radius 1 is 1.08 bits per heavy atom. The minimum atomic E-state index is -0.282. The first-order chi connectivity index (χ1) is 17.8. The molecule has 0 unspecified atom stereocenters. The SMILES string of the molecule is C[C@H]1CN(C(=O)CN2CCc3sccc3[C@H]2c2cccc(F)c2)CCN1C(=O)Nc1ccc(Cl)c(Cl)c1. The van der Waals surface area contributed by atoms with E-state index in [1.54, 1.807) is 46.6 Å². The summed E-state index contributed by atoms with van der Waals surface area (Å²) in [4.78, 5) is 33.3. The van der Waals surface area contributed by atoms with Crippen molar-refractivity contribution < 1.29 is 14.0 Å². The summed E-state index contributed by atoms with van der Waals surface area (Å²) < 4.78 is 14.1. The molecule has 37 heavy (non-hydrogen) atoms. The van der Waals surface area contributed by atoms with Crippen LogP contribution in [-0.4, -0.2) is 65.4 Å². The predicted octanol–water partition coefficient (Wildman–Crippen LogP) is 5.91. The van der Waals surface area contributed by atoms with Crippen LogP contribution in [0.4, 0.5) is 14.9 Å².